The summed E-state index contributed by atoms with van der Waals surface area (Å²) in [5, 5.41) is 2.73. The molecule has 0 aliphatic carbocycles. The van der Waals surface area contributed by atoms with E-state index in [-0.39, 0.29) is 40.0 Å². The highest BCUT2D eigenvalue weighted by molar-refractivity contribution is 7.91. The Morgan fingerprint density at radius 3 is 1.78 bits per heavy atom. The van der Waals surface area contributed by atoms with Crippen LogP contribution in [-0.2, 0) is 24.5 Å². The van der Waals surface area contributed by atoms with Crippen molar-refractivity contribution in [2.75, 3.05) is 11.5 Å². The van der Waals surface area contributed by atoms with E-state index in [2.05, 4.69) is 10.3 Å². The third kappa shape index (κ3) is 7.68. The number of nitrogens with zero attached hydrogens (tertiary/aromatic N) is 1. The van der Waals surface area contributed by atoms with E-state index in [4.69, 9.17) is 4.42 Å². The van der Waals surface area contributed by atoms with Crippen LogP contribution in [0.4, 0.5) is 0 Å². The Labute approximate surface area is 239 Å². The van der Waals surface area contributed by atoms with Crippen molar-refractivity contribution in [3.05, 3.63) is 90.8 Å². The first-order valence-corrected chi connectivity index (χ1v) is 16.7. The minimum atomic E-state index is -3.73. The van der Waals surface area contributed by atoms with Crippen LogP contribution in [-0.4, -0.2) is 51.1 Å². The largest absolute Gasteiger partial charge is 0.434 e. The van der Waals surface area contributed by atoms with Crippen LogP contribution in [0.15, 0.2) is 99.1 Å². The smallest absolute Gasteiger partial charge is 0.266 e. The number of fused-ring (bicyclic) bond motifs is 1. The zero-order valence-electron chi connectivity index (χ0n) is 22.6. The summed E-state index contributed by atoms with van der Waals surface area (Å²) in [6.45, 7) is 1.86. The van der Waals surface area contributed by atoms with Gasteiger partial charge in [0.2, 0.25) is 11.7 Å². The zero-order chi connectivity index (χ0) is 29.5. The van der Waals surface area contributed by atoms with Crippen LogP contribution in [0.2, 0.25) is 0 Å². The quantitative estimate of drug-likeness (QED) is 0.208. The van der Waals surface area contributed by atoms with E-state index < -0.39 is 43.3 Å². The van der Waals surface area contributed by atoms with Crippen molar-refractivity contribution >= 4 is 42.5 Å². The number of carbonyl (C=O) groups is 2. The summed E-state index contributed by atoms with van der Waals surface area (Å²) in [5.41, 5.74) is 0.945. The Morgan fingerprint density at radius 1 is 0.756 bits per heavy atom. The molecule has 1 unspecified atom stereocenters. The standard InChI is InChI=1S/C30H32N2O7S2/c1-2-11-26(28(33)30-32-25-16-9-10-17-27(25)39-30)31-29(34)22(18-20-40(35,36)23-12-5-3-6-13-23)19-21-41(37,38)24-14-7-4-8-15-24/h3-10,12-17,22,26H,2,11,18-21H2,1H3,(H,31,34). The molecule has 0 spiro atoms. The van der Waals surface area contributed by atoms with E-state index >= 15 is 0 Å². The zero-order valence-corrected chi connectivity index (χ0v) is 24.2. The fraction of sp³-hybridized carbons (Fsp3) is 0.300. The maximum Gasteiger partial charge on any atom is 0.266 e. The normalized spacial score (nSPS) is 12.8. The summed E-state index contributed by atoms with van der Waals surface area (Å²) >= 11 is 0. The minimum Gasteiger partial charge on any atom is -0.434 e. The van der Waals surface area contributed by atoms with Gasteiger partial charge in [0.25, 0.3) is 5.89 Å². The summed E-state index contributed by atoms with van der Waals surface area (Å²) in [6.07, 6.45) is 0.611. The Bertz CT molecular complexity index is 1590. The average molecular weight is 597 g/mol. The lowest BCUT2D eigenvalue weighted by atomic mass is 10.00. The van der Waals surface area contributed by atoms with E-state index in [1.54, 1.807) is 60.7 Å². The molecule has 0 aliphatic heterocycles. The van der Waals surface area contributed by atoms with Crippen molar-refractivity contribution in [1.29, 1.82) is 0 Å². The van der Waals surface area contributed by atoms with E-state index in [0.29, 0.717) is 23.9 Å². The molecule has 0 bridgehead atoms. The number of hydrogen-bond acceptors (Lipinski definition) is 8. The van der Waals surface area contributed by atoms with Crippen molar-refractivity contribution in [1.82, 2.24) is 10.3 Å². The Hall–Kier alpha value is -3.83. The predicted molar refractivity (Wildman–Crippen MR) is 155 cm³/mol. The van der Waals surface area contributed by atoms with Crippen LogP contribution in [0.3, 0.4) is 0 Å². The summed E-state index contributed by atoms with van der Waals surface area (Å²) in [7, 11) is -7.46. The molecule has 0 radical (unpaired) electrons. The van der Waals surface area contributed by atoms with Crippen LogP contribution in [0.1, 0.15) is 43.3 Å². The van der Waals surface area contributed by atoms with Crippen LogP contribution < -0.4 is 5.32 Å². The molecule has 216 valence electrons. The molecule has 1 N–H and O–H groups in total. The van der Waals surface area contributed by atoms with Crippen LogP contribution in [0.25, 0.3) is 11.1 Å². The van der Waals surface area contributed by atoms with Gasteiger partial charge in [-0.25, -0.2) is 21.8 Å². The Morgan fingerprint density at radius 2 is 1.27 bits per heavy atom. The van der Waals surface area contributed by atoms with E-state index in [1.807, 2.05) is 6.92 Å². The first-order chi connectivity index (χ1) is 19.6. The predicted octanol–water partition coefficient (Wildman–Crippen LogP) is 4.64. The molecule has 0 saturated heterocycles. The lowest BCUT2D eigenvalue weighted by molar-refractivity contribution is -0.125. The van der Waals surface area contributed by atoms with Crippen molar-refractivity contribution in [2.24, 2.45) is 5.92 Å². The van der Waals surface area contributed by atoms with Crippen LogP contribution >= 0.6 is 0 Å². The molecule has 0 fully saturated rings. The summed E-state index contributed by atoms with van der Waals surface area (Å²) < 4.78 is 57.5. The van der Waals surface area contributed by atoms with Gasteiger partial charge in [-0.1, -0.05) is 61.9 Å². The number of amides is 1. The van der Waals surface area contributed by atoms with Gasteiger partial charge in [0.1, 0.15) is 5.52 Å². The first-order valence-electron chi connectivity index (χ1n) is 13.4. The minimum absolute atomic E-state index is 0.117. The van der Waals surface area contributed by atoms with Crippen molar-refractivity contribution < 1.29 is 30.8 Å². The average Bonchev–Trinajstić information content (AvgIpc) is 3.42. The molecule has 1 heterocycles. The van der Waals surface area contributed by atoms with Gasteiger partial charge in [0.15, 0.2) is 25.3 Å². The fourth-order valence-corrected chi connectivity index (χ4v) is 7.27. The number of carbonyl (C=O) groups excluding carboxylic acids is 2. The van der Waals surface area contributed by atoms with Crippen molar-refractivity contribution in [3.8, 4) is 0 Å². The van der Waals surface area contributed by atoms with Crippen molar-refractivity contribution in [2.45, 2.75) is 48.4 Å². The maximum atomic E-state index is 13.5. The Kier molecular flexibility index (Phi) is 9.72. The number of rotatable bonds is 14. The molecular weight excluding hydrogens is 564 g/mol. The molecule has 9 nitrogen and oxygen atoms in total. The van der Waals surface area contributed by atoms with Gasteiger partial charge in [0, 0.05) is 5.92 Å². The third-order valence-corrected chi connectivity index (χ3v) is 10.3. The van der Waals surface area contributed by atoms with Gasteiger partial charge in [-0.15, -0.1) is 0 Å². The van der Waals surface area contributed by atoms with Gasteiger partial charge in [-0.2, -0.15) is 0 Å². The van der Waals surface area contributed by atoms with Gasteiger partial charge in [-0.05, 0) is 55.7 Å². The van der Waals surface area contributed by atoms with Gasteiger partial charge < -0.3 is 9.73 Å². The lowest BCUT2D eigenvalue weighted by Gasteiger charge is -2.21. The molecule has 0 aliphatic rings. The number of para-hydroxylation sites is 2. The van der Waals surface area contributed by atoms with E-state index in [1.165, 1.54) is 24.3 Å². The molecule has 11 heteroatoms. The van der Waals surface area contributed by atoms with E-state index in [0.717, 1.165) is 0 Å². The second kappa shape index (κ2) is 13.2. The molecule has 4 aromatic rings. The highest BCUT2D eigenvalue weighted by Crippen LogP contribution is 2.21. The maximum absolute atomic E-state index is 13.5. The molecule has 1 aromatic heterocycles. The van der Waals surface area contributed by atoms with Crippen LogP contribution in [0, 0.1) is 5.92 Å². The summed E-state index contributed by atoms with van der Waals surface area (Å²) in [4.78, 5) is 31.3. The Balaban J connectivity index is 1.54. The van der Waals surface area contributed by atoms with Crippen molar-refractivity contribution in [3.63, 3.8) is 0 Å². The molecule has 4 rings (SSSR count). The molecular formula is C30H32N2O7S2. The topological polar surface area (TPSA) is 140 Å². The lowest BCUT2D eigenvalue weighted by Crippen LogP contribution is -2.44. The number of Topliss-reactive ketones (excluding diaryl/α,β-unsaturated/α-hetero) is 1. The number of aromatic nitrogens is 1. The highest BCUT2D eigenvalue weighted by atomic mass is 32.2. The molecule has 1 atom stereocenters. The molecule has 1 amide bonds. The van der Waals surface area contributed by atoms with E-state index in [9.17, 15) is 26.4 Å². The number of benzene rings is 3. The second-order valence-corrected chi connectivity index (χ2v) is 14.0. The SMILES string of the molecule is CCCC(NC(=O)C(CCS(=O)(=O)c1ccccc1)CCS(=O)(=O)c1ccccc1)C(=O)c1nc2ccccc2o1. The van der Waals surface area contributed by atoms with Gasteiger partial charge >= 0.3 is 0 Å². The monoisotopic (exact) mass is 596 g/mol. The second-order valence-electron chi connectivity index (χ2n) is 9.74. The molecule has 3 aromatic carbocycles. The summed E-state index contributed by atoms with van der Waals surface area (Å²) in [6, 6.07) is 21.7. The number of oxazole rings is 1. The number of ketones is 1. The van der Waals surface area contributed by atoms with Gasteiger partial charge in [-0.3, -0.25) is 9.59 Å². The summed E-state index contributed by atoms with van der Waals surface area (Å²) in [5.74, 6) is -2.96. The number of nitrogens with one attached hydrogen (secondary N) is 1. The molecule has 41 heavy (non-hydrogen) atoms. The fourth-order valence-electron chi connectivity index (χ4n) is 4.47. The number of sulfone groups is 2. The number of hydrogen-bond donors (Lipinski definition) is 1. The third-order valence-electron chi connectivity index (χ3n) is 6.76. The highest BCUT2D eigenvalue weighted by Gasteiger charge is 2.31. The first kappa shape index (κ1) is 30.1. The van der Waals surface area contributed by atoms with Crippen LogP contribution in [0.5, 0.6) is 0 Å². The molecule has 0 saturated carbocycles. The van der Waals surface area contributed by atoms with Gasteiger partial charge in [0.05, 0.1) is 27.3 Å².